The molecule has 0 bridgehead atoms. The Balaban J connectivity index is 1.51. The van der Waals surface area contributed by atoms with Crippen molar-refractivity contribution in [2.45, 2.75) is 20.1 Å². The predicted octanol–water partition coefficient (Wildman–Crippen LogP) is 4.41. The highest BCUT2D eigenvalue weighted by atomic mass is 19.1. The first kappa shape index (κ1) is 24.1. The zero-order valence-corrected chi connectivity index (χ0v) is 20.5. The average molecular weight is 497 g/mol. The monoisotopic (exact) mass is 496 g/mol. The van der Waals surface area contributed by atoms with Crippen molar-refractivity contribution in [3.63, 3.8) is 0 Å². The van der Waals surface area contributed by atoms with E-state index in [0.29, 0.717) is 40.5 Å². The van der Waals surface area contributed by atoms with E-state index in [1.807, 2.05) is 40.9 Å². The maximum atomic E-state index is 13.6. The molecule has 0 unspecified atom stereocenters. The number of nitrogens with zero attached hydrogens (tertiary/aromatic N) is 2. The van der Waals surface area contributed by atoms with Crippen LogP contribution in [0.1, 0.15) is 16.7 Å². The quantitative estimate of drug-likeness (QED) is 0.313. The van der Waals surface area contributed by atoms with E-state index in [2.05, 4.69) is 0 Å². The maximum absolute atomic E-state index is 13.6. The van der Waals surface area contributed by atoms with Gasteiger partial charge in [-0.25, -0.2) is 9.18 Å². The summed E-state index contributed by atoms with van der Waals surface area (Å²) in [5.74, 6) is 0.632. The zero-order chi connectivity index (χ0) is 25.9. The van der Waals surface area contributed by atoms with Gasteiger partial charge in [0, 0.05) is 11.6 Å². The van der Waals surface area contributed by atoms with Gasteiger partial charge in [-0.05, 0) is 48.4 Å². The summed E-state index contributed by atoms with van der Waals surface area (Å²) < 4.78 is 28.2. The minimum absolute atomic E-state index is 0.138. The van der Waals surface area contributed by atoms with Gasteiger partial charge in [0.15, 0.2) is 11.5 Å². The van der Waals surface area contributed by atoms with Crippen LogP contribution in [0.5, 0.6) is 17.2 Å². The van der Waals surface area contributed by atoms with E-state index < -0.39 is 0 Å². The molecule has 0 saturated carbocycles. The summed E-state index contributed by atoms with van der Waals surface area (Å²) >= 11 is 0. The molecule has 0 aliphatic carbocycles. The lowest BCUT2D eigenvalue weighted by Gasteiger charge is -2.16. The molecule has 0 radical (unpaired) electrons. The highest BCUT2D eigenvalue weighted by molar-refractivity contribution is 5.67. The topological polar surface area (TPSA) is 67.6 Å². The fourth-order valence-corrected chi connectivity index (χ4v) is 4.43. The highest BCUT2D eigenvalue weighted by Crippen LogP contribution is 2.30. The van der Waals surface area contributed by atoms with Crippen LogP contribution in [-0.2, 0) is 13.2 Å². The molecule has 6 nitrogen and oxygen atoms in total. The number of ether oxygens (including phenoxy) is 2. The van der Waals surface area contributed by atoms with Crippen LogP contribution in [0.25, 0.3) is 16.9 Å². The Kier molecular flexibility index (Phi) is 6.60. The molecule has 5 aromatic rings. The van der Waals surface area contributed by atoms with Crippen LogP contribution in [0.4, 0.5) is 4.39 Å². The number of halogens is 1. The van der Waals surface area contributed by atoms with Gasteiger partial charge in [-0.1, -0.05) is 54.3 Å². The van der Waals surface area contributed by atoms with Crippen molar-refractivity contribution in [2.75, 3.05) is 7.11 Å². The predicted molar refractivity (Wildman–Crippen MR) is 136 cm³/mol. The van der Waals surface area contributed by atoms with Gasteiger partial charge in [0.05, 0.1) is 18.9 Å². The number of methoxy groups -OCH3 is 1. The maximum Gasteiger partial charge on any atom is 0.341 e. The van der Waals surface area contributed by atoms with Crippen molar-refractivity contribution in [1.29, 1.82) is 0 Å². The van der Waals surface area contributed by atoms with E-state index in [9.17, 15) is 14.3 Å². The van der Waals surface area contributed by atoms with Gasteiger partial charge in [0.1, 0.15) is 24.7 Å². The van der Waals surface area contributed by atoms with E-state index in [1.54, 1.807) is 55.0 Å². The Morgan fingerprint density at radius 1 is 0.919 bits per heavy atom. The fourth-order valence-electron chi connectivity index (χ4n) is 4.43. The second-order valence-electron chi connectivity index (χ2n) is 8.69. The molecule has 0 saturated heterocycles. The van der Waals surface area contributed by atoms with E-state index in [0.717, 1.165) is 11.1 Å². The molecule has 0 fully saturated rings. The number of hydrogen-bond acceptors (Lipinski definition) is 4. The van der Waals surface area contributed by atoms with Crippen LogP contribution in [0, 0.1) is 12.7 Å². The van der Waals surface area contributed by atoms with Crippen molar-refractivity contribution in [2.24, 2.45) is 0 Å². The second kappa shape index (κ2) is 10.1. The smallest absolute Gasteiger partial charge is 0.341 e. The van der Waals surface area contributed by atoms with Gasteiger partial charge in [-0.3, -0.25) is 0 Å². The SMILES string of the molecule is COc1cc(Cn2c(=O)c(C)c(-c3ccccc3[O-])[n+]3ccccc23)ccc1OCc1ccc(F)cc1. The third-order valence-electron chi connectivity index (χ3n) is 6.30. The molecule has 0 aliphatic rings. The van der Waals surface area contributed by atoms with Crippen molar-refractivity contribution in [1.82, 2.24) is 4.57 Å². The molecular weight excluding hydrogens is 471 g/mol. The molecule has 7 heteroatoms. The van der Waals surface area contributed by atoms with Crippen molar-refractivity contribution in [3.8, 4) is 28.5 Å². The van der Waals surface area contributed by atoms with Crippen LogP contribution >= 0.6 is 0 Å². The third-order valence-corrected chi connectivity index (χ3v) is 6.30. The number of benzene rings is 3. The fraction of sp³-hybridized carbons (Fsp3) is 0.133. The van der Waals surface area contributed by atoms with Crippen LogP contribution in [0.2, 0.25) is 0 Å². The van der Waals surface area contributed by atoms with Gasteiger partial charge in [0.25, 0.3) is 5.65 Å². The molecule has 0 N–H and O–H groups in total. The van der Waals surface area contributed by atoms with E-state index in [-0.39, 0.29) is 23.7 Å². The molecule has 37 heavy (non-hydrogen) atoms. The second-order valence-corrected chi connectivity index (χ2v) is 8.69. The Hall–Kier alpha value is -4.65. The number of pyridine rings is 1. The molecule has 2 aromatic heterocycles. The lowest BCUT2D eigenvalue weighted by atomic mass is 10.1. The summed E-state index contributed by atoms with van der Waals surface area (Å²) in [4.78, 5) is 13.6. The van der Waals surface area contributed by atoms with Gasteiger partial charge in [-0.2, -0.15) is 8.97 Å². The lowest BCUT2D eigenvalue weighted by molar-refractivity contribution is -0.504. The van der Waals surface area contributed by atoms with E-state index >= 15 is 0 Å². The third kappa shape index (κ3) is 4.76. The Morgan fingerprint density at radius 3 is 2.41 bits per heavy atom. The summed E-state index contributed by atoms with van der Waals surface area (Å²) in [5, 5.41) is 12.6. The first-order valence-electron chi connectivity index (χ1n) is 11.8. The van der Waals surface area contributed by atoms with Gasteiger partial charge in [0.2, 0.25) is 0 Å². The van der Waals surface area contributed by atoms with Crippen LogP contribution < -0.4 is 24.5 Å². The first-order valence-corrected chi connectivity index (χ1v) is 11.8. The molecule has 2 heterocycles. The molecule has 0 aliphatic heterocycles. The van der Waals surface area contributed by atoms with Gasteiger partial charge < -0.3 is 14.6 Å². The number of rotatable bonds is 7. The molecule has 0 atom stereocenters. The van der Waals surface area contributed by atoms with E-state index in [4.69, 9.17) is 9.47 Å². The Morgan fingerprint density at radius 2 is 1.65 bits per heavy atom. The lowest BCUT2D eigenvalue weighted by Crippen LogP contribution is -2.38. The van der Waals surface area contributed by atoms with Crippen molar-refractivity contribution < 1.29 is 23.4 Å². The summed E-state index contributed by atoms with van der Waals surface area (Å²) in [7, 11) is 1.56. The van der Waals surface area contributed by atoms with Crippen LogP contribution in [0.15, 0.2) is 95.9 Å². The number of fused-ring (bicyclic) bond motifs is 1. The standard InChI is InChI=1S/C30H25FN2O4/c1-20-29(24-7-3-4-8-25(24)34)32-16-6-5-9-28(32)33(30(20)35)18-22-12-15-26(27(17-22)36-2)37-19-21-10-13-23(31)14-11-21/h3-17H,18-19H2,1-2H3. The molecule has 186 valence electrons. The van der Waals surface area contributed by atoms with E-state index in [1.165, 1.54) is 18.2 Å². The summed E-state index contributed by atoms with van der Waals surface area (Å²) in [6.45, 7) is 2.30. The van der Waals surface area contributed by atoms with Crippen LogP contribution in [-0.4, -0.2) is 11.7 Å². The molecule has 0 amide bonds. The van der Waals surface area contributed by atoms with Gasteiger partial charge in [-0.15, -0.1) is 0 Å². The minimum atomic E-state index is -0.299. The summed E-state index contributed by atoms with van der Waals surface area (Å²) in [6.07, 6.45) is 1.85. The van der Waals surface area contributed by atoms with Crippen molar-refractivity contribution >= 4 is 5.65 Å². The Labute approximate surface area is 213 Å². The minimum Gasteiger partial charge on any atom is -0.872 e. The van der Waals surface area contributed by atoms with Gasteiger partial charge >= 0.3 is 5.56 Å². The summed E-state index contributed by atoms with van der Waals surface area (Å²) in [6, 6.07) is 23.9. The Bertz CT molecular complexity index is 1640. The first-order chi connectivity index (χ1) is 18.0. The molecular formula is C30H25FN2O4. The normalized spacial score (nSPS) is 11.0. The molecule has 5 rings (SSSR count). The average Bonchev–Trinajstić information content (AvgIpc) is 2.92. The number of hydrogen-bond donors (Lipinski definition) is 0. The zero-order valence-electron chi connectivity index (χ0n) is 20.5. The molecule has 0 spiro atoms. The van der Waals surface area contributed by atoms with Crippen LogP contribution in [0.3, 0.4) is 0 Å². The number of para-hydroxylation sites is 1. The van der Waals surface area contributed by atoms with Crippen molar-refractivity contribution in [3.05, 3.63) is 124 Å². The largest absolute Gasteiger partial charge is 0.872 e. The number of aromatic nitrogens is 2. The molecule has 3 aromatic carbocycles. The summed E-state index contributed by atoms with van der Waals surface area (Å²) in [5.41, 5.74) is 3.71. The highest BCUT2D eigenvalue weighted by Gasteiger charge is 2.23.